The Labute approximate surface area is 106 Å². The number of hydrogen-bond donors (Lipinski definition) is 1. The Bertz CT molecular complexity index is 382. The fourth-order valence-corrected chi connectivity index (χ4v) is 0.972. The molecule has 0 atom stereocenters. The number of carboxylic acid groups (broad SMARTS) is 1. The molecule has 1 radical (unpaired) electrons. The van der Waals surface area contributed by atoms with Crippen molar-refractivity contribution in [2.24, 2.45) is 0 Å². The second-order valence-corrected chi connectivity index (χ2v) is 2.64. The van der Waals surface area contributed by atoms with E-state index in [9.17, 15) is 14.9 Å². The van der Waals surface area contributed by atoms with Gasteiger partial charge in [0.1, 0.15) is 5.02 Å². The minimum atomic E-state index is -1.22. The van der Waals surface area contributed by atoms with Crippen molar-refractivity contribution in [3.63, 3.8) is 0 Å². The molecule has 0 aromatic heterocycles. The summed E-state index contributed by atoms with van der Waals surface area (Å²) in [7, 11) is 0. The quantitative estimate of drug-likeness (QED) is 0.470. The Hall–Kier alpha value is -0.620. The van der Waals surface area contributed by atoms with Crippen LogP contribution < -0.4 is 0 Å². The molecule has 0 heterocycles. The third-order valence-electron chi connectivity index (χ3n) is 1.39. The van der Waals surface area contributed by atoms with Crippen molar-refractivity contribution in [3.8, 4) is 0 Å². The molecule has 1 rings (SSSR count). The maximum absolute atomic E-state index is 10.4. The molecule has 0 aliphatic carbocycles. The average Bonchev–Trinajstić information content (AvgIpc) is 2.04. The van der Waals surface area contributed by atoms with Gasteiger partial charge in [-0.25, -0.2) is 4.79 Å². The predicted octanol–water partition coefficient (Wildman–Crippen LogP) is 1.57. The van der Waals surface area contributed by atoms with Crippen molar-refractivity contribution in [1.29, 1.82) is 0 Å². The van der Waals surface area contributed by atoms with Crippen LogP contribution in [0.2, 0.25) is 5.02 Å². The van der Waals surface area contributed by atoms with Crippen LogP contribution in [0.4, 0.5) is 5.69 Å². The van der Waals surface area contributed by atoms with Gasteiger partial charge < -0.3 is 5.11 Å². The van der Waals surface area contributed by atoms with Crippen molar-refractivity contribution in [1.82, 2.24) is 0 Å². The van der Waals surface area contributed by atoms with E-state index in [0.717, 1.165) is 6.07 Å². The third-order valence-corrected chi connectivity index (χ3v) is 1.71. The number of nitro benzene ring substituents is 1. The van der Waals surface area contributed by atoms with Gasteiger partial charge in [-0.15, -0.1) is 0 Å². The average molecular weight is 225 g/mol. The number of carboxylic acids is 1. The molecule has 0 saturated heterocycles. The van der Waals surface area contributed by atoms with Gasteiger partial charge in [-0.05, 0) is 12.1 Å². The van der Waals surface area contributed by atoms with E-state index in [-0.39, 0.29) is 40.1 Å². The zero-order valence-electron chi connectivity index (χ0n) is 7.23. The summed E-state index contributed by atoms with van der Waals surface area (Å²) in [4.78, 5) is 20.0. The van der Waals surface area contributed by atoms with Gasteiger partial charge in [-0.3, -0.25) is 10.1 Å². The van der Waals surface area contributed by atoms with Crippen LogP contribution in [0.1, 0.15) is 10.4 Å². The number of hydrogen-bond acceptors (Lipinski definition) is 3. The van der Waals surface area contributed by atoms with Crippen molar-refractivity contribution >= 4 is 52.8 Å². The van der Waals surface area contributed by atoms with Crippen molar-refractivity contribution in [2.45, 2.75) is 0 Å². The number of halogens is 1. The molecule has 7 heteroatoms. The van der Waals surface area contributed by atoms with Crippen LogP contribution in [0.15, 0.2) is 18.2 Å². The molecule has 69 valence electrons. The molecule has 0 aliphatic rings. The second kappa shape index (κ2) is 5.31. The number of carbonyl (C=O) groups is 1. The smallest absolute Gasteiger partial charge is 0.335 e. The zero-order chi connectivity index (χ0) is 10.0. The molecule has 0 fully saturated rings. The summed E-state index contributed by atoms with van der Waals surface area (Å²) in [5, 5.41) is 18.8. The summed E-state index contributed by atoms with van der Waals surface area (Å²) in [6, 6.07) is 3.31. The van der Waals surface area contributed by atoms with E-state index in [1.54, 1.807) is 0 Å². The monoisotopic (exact) mass is 224 g/mol. The van der Waals surface area contributed by atoms with Gasteiger partial charge in [0.2, 0.25) is 0 Å². The summed E-state index contributed by atoms with van der Waals surface area (Å²) in [6.45, 7) is 0. The molecule has 1 aromatic rings. The van der Waals surface area contributed by atoms with Crippen molar-refractivity contribution in [3.05, 3.63) is 38.9 Å². The van der Waals surface area contributed by atoms with Crippen molar-refractivity contribution < 1.29 is 14.8 Å². The van der Waals surface area contributed by atoms with Crippen LogP contribution in [0.25, 0.3) is 0 Å². The standard InChI is InChI=1S/C7H4ClNO4.Na/c8-5-2-1-4(7(10)11)3-6(5)9(12)13;/h1-3H,(H,10,11);. The van der Waals surface area contributed by atoms with E-state index in [2.05, 4.69) is 0 Å². The summed E-state index contributed by atoms with van der Waals surface area (Å²) in [5.41, 5.74) is -0.558. The molecule has 14 heavy (non-hydrogen) atoms. The molecular weight excluding hydrogens is 221 g/mol. The SMILES string of the molecule is O=C(O)c1ccc(Cl)c([N+](=O)[O-])c1.[Na]. The van der Waals surface area contributed by atoms with Gasteiger partial charge in [0.15, 0.2) is 0 Å². The van der Waals surface area contributed by atoms with Crippen molar-refractivity contribution in [2.75, 3.05) is 0 Å². The number of rotatable bonds is 2. The minimum Gasteiger partial charge on any atom is -0.478 e. The summed E-state index contributed by atoms with van der Waals surface area (Å²) < 4.78 is 0. The van der Waals surface area contributed by atoms with E-state index >= 15 is 0 Å². The van der Waals surface area contributed by atoms with Gasteiger partial charge in [-0.1, -0.05) is 11.6 Å². The Balaban J connectivity index is 0.00000169. The Morgan fingerprint density at radius 1 is 1.50 bits per heavy atom. The Morgan fingerprint density at radius 3 is 2.50 bits per heavy atom. The maximum atomic E-state index is 10.4. The fraction of sp³-hybridized carbons (Fsp3) is 0. The van der Waals surface area contributed by atoms with Crippen LogP contribution in [0.3, 0.4) is 0 Å². The second-order valence-electron chi connectivity index (χ2n) is 2.23. The fourth-order valence-electron chi connectivity index (χ4n) is 0.786. The first-order valence-corrected chi connectivity index (χ1v) is 3.57. The van der Waals surface area contributed by atoms with E-state index < -0.39 is 16.6 Å². The number of nitro groups is 1. The molecular formula is C7H4ClNNaO4. The first-order valence-electron chi connectivity index (χ1n) is 3.19. The van der Waals surface area contributed by atoms with E-state index in [4.69, 9.17) is 16.7 Å². The summed E-state index contributed by atoms with van der Waals surface area (Å²) >= 11 is 5.46. The third kappa shape index (κ3) is 2.95. The van der Waals surface area contributed by atoms with Gasteiger partial charge in [0, 0.05) is 35.6 Å². The molecule has 0 aliphatic heterocycles. The van der Waals surface area contributed by atoms with Crippen LogP contribution in [-0.4, -0.2) is 45.6 Å². The summed E-state index contributed by atoms with van der Waals surface area (Å²) in [5.74, 6) is -1.22. The number of nitrogens with zero attached hydrogens (tertiary/aromatic N) is 1. The maximum Gasteiger partial charge on any atom is 0.335 e. The Kier molecular flexibility index (Phi) is 5.07. The van der Waals surface area contributed by atoms with Gasteiger partial charge in [0.05, 0.1) is 10.5 Å². The zero-order valence-corrected chi connectivity index (χ0v) is 9.99. The molecule has 1 N–H and O–H groups in total. The topological polar surface area (TPSA) is 80.4 Å². The first kappa shape index (κ1) is 13.4. The first-order chi connectivity index (χ1) is 6.02. The minimum absolute atomic E-state index is 0. The van der Waals surface area contributed by atoms with E-state index in [0.29, 0.717) is 0 Å². The Morgan fingerprint density at radius 2 is 2.07 bits per heavy atom. The molecule has 5 nitrogen and oxygen atoms in total. The van der Waals surface area contributed by atoms with Crippen LogP contribution >= 0.6 is 11.6 Å². The van der Waals surface area contributed by atoms with Crippen LogP contribution in [-0.2, 0) is 0 Å². The van der Waals surface area contributed by atoms with Crippen LogP contribution in [0, 0.1) is 10.1 Å². The molecule has 0 saturated carbocycles. The molecule has 0 amide bonds. The molecule has 0 spiro atoms. The molecule has 0 bridgehead atoms. The van der Waals surface area contributed by atoms with Crippen LogP contribution in [0.5, 0.6) is 0 Å². The van der Waals surface area contributed by atoms with E-state index in [1.165, 1.54) is 12.1 Å². The predicted molar refractivity (Wildman–Crippen MR) is 50.8 cm³/mol. The molecule has 0 unspecified atom stereocenters. The number of benzene rings is 1. The van der Waals surface area contributed by atoms with Gasteiger partial charge >= 0.3 is 5.97 Å². The number of aromatic carboxylic acids is 1. The largest absolute Gasteiger partial charge is 0.478 e. The van der Waals surface area contributed by atoms with E-state index in [1.807, 2.05) is 0 Å². The molecule has 1 aromatic carbocycles. The summed E-state index contributed by atoms with van der Waals surface area (Å²) in [6.07, 6.45) is 0. The van der Waals surface area contributed by atoms with Gasteiger partial charge in [0.25, 0.3) is 5.69 Å². The normalized spacial score (nSPS) is 8.93. The van der Waals surface area contributed by atoms with Gasteiger partial charge in [-0.2, -0.15) is 0 Å².